The minimum Gasteiger partial charge on any atom is -0.204 e. The van der Waals surface area contributed by atoms with Crippen LogP contribution in [0.4, 0.5) is 8.78 Å². The van der Waals surface area contributed by atoms with Gasteiger partial charge in [-0.2, -0.15) is 0 Å². The third kappa shape index (κ3) is 4.14. The number of halogens is 3. The fourth-order valence-electron chi connectivity index (χ4n) is 2.24. The van der Waals surface area contributed by atoms with E-state index < -0.39 is 11.6 Å². The first-order chi connectivity index (χ1) is 9.56. The molecule has 0 saturated heterocycles. The molecule has 0 aliphatic heterocycles. The number of benzene rings is 2. The Hall–Kier alpha value is -1.22. The lowest BCUT2D eigenvalue weighted by Gasteiger charge is -2.11. The van der Waals surface area contributed by atoms with E-state index in [4.69, 9.17) is 0 Å². The van der Waals surface area contributed by atoms with E-state index >= 15 is 0 Å². The van der Waals surface area contributed by atoms with Gasteiger partial charge in [0, 0.05) is 4.83 Å². The summed E-state index contributed by atoms with van der Waals surface area (Å²) in [5, 5.41) is 0. The standard InChI is InChI=1S/C17H17BrF2/c1-12-4-2-5-13(10-12)8-9-15(18)11-14-6-3-7-16(19)17(14)20/h2-7,10,15H,8-9,11H2,1H3. The van der Waals surface area contributed by atoms with E-state index in [0.717, 1.165) is 18.9 Å². The molecule has 0 aliphatic carbocycles. The molecule has 0 fully saturated rings. The SMILES string of the molecule is Cc1cccc(CCC(Br)Cc2cccc(F)c2F)c1. The summed E-state index contributed by atoms with van der Waals surface area (Å²) in [6.45, 7) is 2.07. The molecule has 0 saturated carbocycles. The van der Waals surface area contributed by atoms with Gasteiger partial charge < -0.3 is 0 Å². The first-order valence-corrected chi connectivity index (χ1v) is 7.60. The maximum absolute atomic E-state index is 13.6. The summed E-state index contributed by atoms with van der Waals surface area (Å²) in [7, 11) is 0. The van der Waals surface area contributed by atoms with Crippen molar-refractivity contribution in [2.45, 2.75) is 31.0 Å². The topological polar surface area (TPSA) is 0 Å². The Morgan fingerprint density at radius 1 is 1.10 bits per heavy atom. The predicted octanol–water partition coefficient (Wildman–Crippen LogP) is 5.21. The molecule has 0 radical (unpaired) electrons. The molecule has 20 heavy (non-hydrogen) atoms. The number of alkyl halides is 1. The summed E-state index contributed by atoms with van der Waals surface area (Å²) in [4.78, 5) is 0.138. The average molecular weight is 339 g/mol. The minimum atomic E-state index is -0.777. The van der Waals surface area contributed by atoms with Gasteiger partial charge in [-0.05, 0) is 43.4 Å². The van der Waals surface area contributed by atoms with Crippen LogP contribution in [-0.4, -0.2) is 4.83 Å². The summed E-state index contributed by atoms with van der Waals surface area (Å²) in [6, 6.07) is 12.7. The van der Waals surface area contributed by atoms with Crippen molar-refractivity contribution in [2.24, 2.45) is 0 Å². The lowest BCUT2D eigenvalue weighted by Crippen LogP contribution is -2.07. The van der Waals surface area contributed by atoms with Crippen LogP contribution in [-0.2, 0) is 12.8 Å². The molecule has 0 spiro atoms. The summed E-state index contributed by atoms with van der Waals surface area (Å²) in [5.41, 5.74) is 2.94. The van der Waals surface area contributed by atoms with Gasteiger partial charge in [0.1, 0.15) is 0 Å². The molecule has 1 unspecified atom stereocenters. The molecule has 1 atom stereocenters. The van der Waals surface area contributed by atoms with E-state index in [1.54, 1.807) is 12.1 Å². The highest BCUT2D eigenvalue weighted by molar-refractivity contribution is 9.09. The number of hydrogen-bond donors (Lipinski definition) is 0. The van der Waals surface area contributed by atoms with Crippen molar-refractivity contribution in [3.05, 3.63) is 70.8 Å². The van der Waals surface area contributed by atoms with Gasteiger partial charge in [-0.15, -0.1) is 0 Å². The Balaban J connectivity index is 1.92. The zero-order valence-corrected chi connectivity index (χ0v) is 13.0. The second kappa shape index (κ2) is 6.98. The van der Waals surface area contributed by atoms with E-state index in [2.05, 4.69) is 41.1 Å². The molecule has 0 heterocycles. The lowest BCUT2D eigenvalue weighted by atomic mass is 10.0. The van der Waals surface area contributed by atoms with E-state index in [9.17, 15) is 8.78 Å². The molecule has 0 aromatic heterocycles. The maximum Gasteiger partial charge on any atom is 0.162 e. The Morgan fingerprint density at radius 2 is 1.85 bits per heavy atom. The summed E-state index contributed by atoms with van der Waals surface area (Å²) < 4.78 is 26.7. The van der Waals surface area contributed by atoms with Gasteiger partial charge in [-0.1, -0.05) is 57.9 Å². The van der Waals surface area contributed by atoms with Crippen molar-refractivity contribution in [1.29, 1.82) is 0 Å². The first kappa shape index (κ1) is 15.2. The molecule has 0 aliphatic rings. The van der Waals surface area contributed by atoms with Crippen LogP contribution in [0.2, 0.25) is 0 Å². The smallest absolute Gasteiger partial charge is 0.162 e. The van der Waals surface area contributed by atoms with Crippen molar-refractivity contribution >= 4 is 15.9 Å². The predicted molar refractivity (Wildman–Crippen MR) is 82.3 cm³/mol. The number of hydrogen-bond acceptors (Lipinski definition) is 0. The normalized spacial score (nSPS) is 12.4. The van der Waals surface area contributed by atoms with E-state index in [1.165, 1.54) is 11.1 Å². The summed E-state index contributed by atoms with van der Waals surface area (Å²) in [6.07, 6.45) is 2.31. The molecular formula is C17H17BrF2. The molecule has 2 rings (SSSR count). The van der Waals surface area contributed by atoms with E-state index in [0.29, 0.717) is 12.0 Å². The van der Waals surface area contributed by atoms with Crippen molar-refractivity contribution in [3.63, 3.8) is 0 Å². The third-order valence-corrected chi connectivity index (χ3v) is 4.08. The summed E-state index contributed by atoms with van der Waals surface area (Å²) >= 11 is 3.56. The minimum absolute atomic E-state index is 0.138. The molecule has 2 aromatic rings. The quantitative estimate of drug-likeness (QED) is 0.656. The van der Waals surface area contributed by atoms with Crippen LogP contribution < -0.4 is 0 Å². The Morgan fingerprint density at radius 3 is 2.60 bits per heavy atom. The molecule has 3 heteroatoms. The van der Waals surface area contributed by atoms with Crippen LogP contribution in [0.15, 0.2) is 42.5 Å². The van der Waals surface area contributed by atoms with Crippen LogP contribution in [0.25, 0.3) is 0 Å². The molecule has 0 bridgehead atoms. The van der Waals surface area contributed by atoms with Crippen LogP contribution in [0, 0.1) is 18.6 Å². The highest BCUT2D eigenvalue weighted by Crippen LogP contribution is 2.20. The molecule has 0 nitrogen and oxygen atoms in total. The molecule has 0 amide bonds. The molecule has 0 N–H and O–H groups in total. The van der Waals surface area contributed by atoms with Crippen LogP contribution in [0.3, 0.4) is 0 Å². The van der Waals surface area contributed by atoms with Gasteiger partial charge in [0.05, 0.1) is 0 Å². The first-order valence-electron chi connectivity index (χ1n) is 6.69. The fraction of sp³-hybridized carbons (Fsp3) is 0.294. The largest absolute Gasteiger partial charge is 0.204 e. The average Bonchev–Trinajstić information content (AvgIpc) is 2.42. The molecule has 2 aromatic carbocycles. The zero-order chi connectivity index (χ0) is 14.5. The van der Waals surface area contributed by atoms with Gasteiger partial charge in [0.25, 0.3) is 0 Å². The van der Waals surface area contributed by atoms with Crippen LogP contribution in [0.1, 0.15) is 23.1 Å². The second-order valence-electron chi connectivity index (χ2n) is 5.04. The van der Waals surface area contributed by atoms with Gasteiger partial charge in [-0.25, -0.2) is 8.78 Å². The van der Waals surface area contributed by atoms with Crippen molar-refractivity contribution in [2.75, 3.05) is 0 Å². The molecule has 106 valence electrons. The zero-order valence-electron chi connectivity index (χ0n) is 11.4. The second-order valence-corrected chi connectivity index (χ2v) is 6.34. The molecular weight excluding hydrogens is 322 g/mol. The van der Waals surface area contributed by atoms with Gasteiger partial charge in [0.15, 0.2) is 11.6 Å². The monoisotopic (exact) mass is 338 g/mol. The highest BCUT2D eigenvalue weighted by Gasteiger charge is 2.12. The number of rotatable bonds is 5. The van der Waals surface area contributed by atoms with Crippen LogP contribution in [0.5, 0.6) is 0 Å². The van der Waals surface area contributed by atoms with Crippen LogP contribution >= 0.6 is 15.9 Å². The fourth-order valence-corrected chi connectivity index (χ4v) is 2.82. The van der Waals surface area contributed by atoms with E-state index in [1.807, 2.05) is 6.07 Å². The Labute approximate surface area is 127 Å². The van der Waals surface area contributed by atoms with Crippen molar-refractivity contribution in [3.8, 4) is 0 Å². The van der Waals surface area contributed by atoms with Gasteiger partial charge in [-0.3, -0.25) is 0 Å². The van der Waals surface area contributed by atoms with Gasteiger partial charge in [0.2, 0.25) is 0 Å². The Kier molecular flexibility index (Phi) is 5.30. The number of aryl methyl sites for hydroxylation is 2. The van der Waals surface area contributed by atoms with Crippen molar-refractivity contribution in [1.82, 2.24) is 0 Å². The van der Waals surface area contributed by atoms with Crippen molar-refractivity contribution < 1.29 is 8.78 Å². The Bertz CT molecular complexity index is 581. The third-order valence-electron chi connectivity index (χ3n) is 3.30. The maximum atomic E-state index is 13.6. The van der Waals surface area contributed by atoms with E-state index in [-0.39, 0.29) is 4.83 Å². The summed E-state index contributed by atoms with van der Waals surface area (Å²) in [5.74, 6) is -1.51. The highest BCUT2D eigenvalue weighted by atomic mass is 79.9. The lowest BCUT2D eigenvalue weighted by molar-refractivity contribution is 0.497. The van der Waals surface area contributed by atoms with Gasteiger partial charge >= 0.3 is 0 Å².